The number of aliphatic hydroxyl groups is 2. The van der Waals surface area contributed by atoms with Crippen LogP contribution in [0.3, 0.4) is 0 Å². The number of aliphatic hydroxyl groups excluding tert-OH is 1. The highest BCUT2D eigenvalue weighted by molar-refractivity contribution is 6.01. The Balaban J connectivity index is 1.53. The van der Waals surface area contributed by atoms with Gasteiger partial charge in [0.15, 0.2) is 12.4 Å². The van der Waals surface area contributed by atoms with Crippen LogP contribution < -0.4 is 0 Å². The molecule has 0 aromatic carbocycles. The van der Waals surface area contributed by atoms with E-state index in [0.717, 1.165) is 18.4 Å². The lowest BCUT2D eigenvalue weighted by molar-refractivity contribution is -0.181. The molecule has 0 aromatic rings. The number of esters is 1. The highest BCUT2D eigenvalue weighted by atomic mass is 16.5. The first-order chi connectivity index (χ1) is 15.4. The maximum absolute atomic E-state index is 13.1. The molecule has 180 valence electrons. The lowest BCUT2D eigenvalue weighted by atomic mass is 9.46. The summed E-state index contributed by atoms with van der Waals surface area (Å²) in [6.07, 6.45) is 6.27. The predicted molar refractivity (Wildman–Crippen MR) is 116 cm³/mol. The van der Waals surface area contributed by atoms with Gasteiger partial charge in [0, 0.05) is 16.7 Å². The van der Waals surface area contributed by atoms with Crippen LogP contribution in [0, 0.1) is 28.6 Å². The molecule has 33 heavy (non-hydrogen) atoms. The van der Waals surface area contributed by atoms with Crippen LogP contribution in [0.15, 0.2) is 23.8 Å². The summed E-state index contributed by atoms with van der Waals surface area (Å²) in [5, 5.41) is 31.6. The molecule has 7 atom stereocenters. The van der Waals surface area contributed by atoms with Crippen molar-refractivity contribution in [2.75, 3.05) is 6.61 Å². The van der Waals surface area contributed by atoms with Crippen molar-refractivity contribution in [3.63, 3.8) is 0 Å². The fourth-order valence-electron chi connectivity index (χ4n) is 7.34. The second kappa shape index (κ2) is 8.17. The molecule has 8 nitrogen and oxygen atoms in total. The third kappa shape index (κ3) is 3.67. The number of ketones is 2. The molecule has 8 heteroatoms. The molecule has 3 saturated carbocycles. The Morgan fingerprint density at radius 3 is 2.61 bits per heavy atom. The number of carboxylic acid groups (broad SMARTS) is 1. The predicted octanol–water partition coefficient (Wildman–Crippen LogP) is 1.97. The lowest BCUT2D eigenvalue weighted by Crippen LogP contribution is -2.61. The molecule has 0 aliphatic heterocycles. The number of hydrogen-bond acceptors (Lipinski definition) is 7. The highest BCUT2D eigenvalue weighted by Crippen LogP contribution is 2.67. The molecule has 0 amide bonds. The second-order valence-electron chi connectivity index (χ2n) is 10.6. The first kappa shape index (κ1) is 23.8. The van der Waals surface area contributed by atoms with Crippen LogP contribution in [0.4, 0.5) is 0 Å². The number of Topliss-reactive ketones (excluding diaryl/α,β-unsaturated/α-hetero) is 1. The highest BCUT2D eigenvalue weighted by Gasteiger charge is 2.68. The molecule has 0 radical (unpaired) electrons. The van der Waals surface area contributed by atoms with Gasteiger partial charge < -0.3 is 20.1 Å². The summed E-state index contributed by atoms with van der Waals surface area (Å²) >= 11 is 0. The Kier molecular flexibility index (Phi) is 5.90. The van der Waals surface area contributed by atoms with Crippen LogP contribution in [-0.2, 0) is 23.9 Å². The molecular formula is C25H32O8. The summed E-state index contributed by atoms with van der Waals surface area (Å²) in [5.41, 5.74) is -1.99. The summed E-state index contributed by atoms with van der Waals surface area (Å²) in [5.74, 6) is -2.58. The topological polar surface area (TPSA) is 138 Å². The molecule has 0 spiro atoms. The Bertz CT molecular complexity index is 950. The Hall–Kier alpha value is -2.32. The Morgan fingerprint density at radius 1 is 1.18 bits per heavy atom. The minimum Gasteiger partial charge on any atom is -0.481 e. The minimum absolute atomic E-state index is 0.00645. The van der Waals surface area contributed by atoms with Gasteiger partial charge in [-0.05, 0) is 56.1 Å². The van der Waals surface area contributed by atoms with E-state index in [4.69, 9.17) is 9.84 Å². The number of fused-ring (bicyclic) bond motifs is 5. The van der Waals surface area contributed by atoms with Crippen molar-refractivity contribution in [1.29, 1.82) is 0 Å². The van der Waals surface area contributed by atoms with Crippen molar-refractivity contribution in [2.24, 2.45) is 28.6 Å². The van der Waals surface area contributed by atoms with Gasteiger partial charge in [0.1, 0.15) is 5.60 Å². The van der Waals surface area contributed by atoms with Crippen LogP contribution in [0.5, 0.6) is 0 Å². The van der Waals surface area contributed by atoms with E-state index in [2.05, 4.69) is 6.92 Å². The van der Waals surface area contributed by atoms with E-state index < -0.39 is 46.9 Å². The van der Waals surface area contributed by atoms with E-state index in [1.807, 2.05) is 13.0 Å². The quantitative estimate of drug-likeness (QED) is 0.512. The molecule has 4 rings (SSSR count). The van der Waals surface area contributed by atoms with E-state index in [-0.39, 0.29) is 49.2 Å². The first-order valence-corrected chi connectivity index (χ1v) is 11.7. The van der Waals surface area contributed by atoms with Crippen molar-refractivity contribution in [3.05, 3.63) is 23.8 Å². The van der Waals surface area contributed by atoms with Gasteiger partial charge in [-0.1, -0.05) is 25.5 Å². The fraction of sp³-hybridized carbons (Fsp3) is 0.680. The molecule has 0 heterocycles. The lowest BCUT2D eigenvalue weighted by Gasteiger charge is -2.59. The van der Waals surface area contributed by atoms with E-state index in [0.29, 0.717) is 6.42 Å². The van der Waals surface area contributed by atoms with Gasteiger partial charge in [-0.3, -0.25) is 19.2 Å². The molecule has 3 fully saturated rings. The van der Waals surface area contributed by atoms with Crippen molar-refractivity contribution < 1.29 is 39.2 Å². The van der Waals surface area contributed by atoms with Gasteiger partial charge in [0.2, 0.25) is 5.78 Å². The molecule has 3 N–H and O–H groups in total. The molecule has 0 saturated heterocycles. The third-order valence-electron chi connectivity index (χ3n) is 9.02. The van der Waals surface area contributed by atoms with Gasteiger partial charge in [-0.15, -0.1) is 0 Å². The van der Waals surface area contributed by atoms with Crippen molar-refractivity contribution in [2.45, 2.75) is 70.5 Å². The number of carbonyl (C=O) groups excluding carboxylic acids is 3. The monoisotopic (exact) mass is 460 g/mol. The average molecular weight is 461 g/mol. The molecule has 4 aliphatic rings. The van der Waals surface area contributed by atoms with Gasteiger partial charge in [-0.2, -0.15) is 0 Å². The van der Waals surface area contributed by atoms with Gasteiger partial charge >= 0.3 is 11.9 Å². The van der Waals surface area contributed by atoms with E-state index in [9.17, 15) is 29.4 Å². The van der Waals surface area contributed by atoms with Crippen LogP contribution in [-0.4, -0.2) is 57.1 Å². The van der Waals surface area contributed by atoms with Gasteiger partial charge in [-0.25, -0.2) is 0 Å². The molecule has 0 aromatic heterocycles. The Morgan fingerprint density at radius 2 is 1.91 bits per heavy atom. The largest absolute Gasteiger partial charge is 0.481 e. The number of ether oxygens (including phenoxy) is 1. The summed E-state index contributed by atoms with van der Waals surface area (Å²) in [6, 6.07) is 0. The van der Waals surface area contributed by atoms with Crippen molar-refractivity contribution in [3.8, 4) is 0 Å². The fourth-order valence-corrected chi connectivity index (χ4v) is 7.34. The SMILES string of the molecule is C[C@]12C=CC(=O)C=C1CC[C@@H]1[C@@H]2[C@H](O)C[C@]2(C)[C@@H]1CC[C@]2(O)C(=O)COC(=O)CCC(=O)O. The van der Waals surface area contributed by atoms with Crippen LogP contribution in [0.25, 0.3) is 0 Å². The van der Waals surface area contributed by atoms with E-state index in [1.54, 1.807) is 12.2 Å². The number of carboxylic acids is 1. The van der Waals surface area contributed by atoms with Crippen LogP contribution in [0.2, 0.25) is 0 Å². The van der Waals surface area contributed by atoms with E-state index >= 15 is 0 Å². The van der Waals surface area contributed by atoms with Gasteiger partial charge in [0.25, 0.3) is 0 Å². The zero-order valence-corrected chi connectivity index (χ0v) is 19.1. The smallest absolute Gasteiger partial charge is 0.306 e. The minimum atomic E-state index is -1.73. The summed E-state index contributed by atoms with van der Waals surface area (Å²) in [4.78, 5) is 47.4. The molecular weight excluding hydrogens is 428 g/mol. The molecule has 4 aliphatic carbocycles. The summed E-state index contributed by atoms with van der Waals surface area (Å²) < 4.78 is 4.96. The normalized spacial score (nSPS) is 41.5. The number of allylic oxidation sites excluding steroid dienone is 4. The van der Waals surface area contributed by atoms with Crippen LogP contribution >= 0.6 is 0 Å². The zero-order chi connectivity index (χ0) is 24.2. The standard InChI is InChI=1S/C25H32O8/c1-23-9-7-15(26)11-14(23)3-4-16-17-8-10-25(32,24(17,2)12-18(27)22(16)23)19(28)13-33-21(31)6-5-20(29)30/h7,9,11,16-18,22,27,32H,3-6,8,10,12-13H2,1-2H3,(H,29,30)/t16-,17+,18+,22+,23-,24+,25-/m0/s1. The van der Waals surface area contributed by atoms with Crippen molar-refractivity contribution >= 4 is 23.5 Å². The number of carbonyl (C=O) groups is 4. The second-order valence-corrected chi connectivity index (χ2v) is 10.6. The average Bonchev–Trinajstić information content (AvgIpc) is 3.02. The summed E-state index contributed by atoms with van der Waals surface area (Å²) in [7, 11) is 0. The third-order valence-corrected chi connectivity index (χ3v) is 9.02. The number of rotatable bonds is 6. The number of hydrogen-bond donors (Lipinski definition) is 3. The van der Waals surface area contributed by atoms with Crippen LogP contribution in [0.1, 0.15) is 58.8 Å². The number of aliphatic carboxylic acids is 1. The van der Waals surface area contributed by atoms with Crippen molar-refractivity contribution in [1.82, 2.24) is 0 Å². The summed E-state index contributed by atoms with van der Waals surface area (Å²) in [6.45, 7) is 3.30. The maximum Gasteiger partial charge on any atom is 0.306 e. The Labute approximate surface area is 192 Å². The van der Waals surface area contributed by atoms with E-state index in [1.165, 1.54) is 0 Å². The maximum atomic E-state index is 13.1. The molecule has 0 bridgehead atoms. The first-order valence-electron chi connectivity index (χ1n) is 11.7. The molecule has 0 unspecified atom stereocenters. The zero-order valence-electron chi connectivity index (χ0n) is 19.1. The van der Waals surface area contributed by atoms with Gasteiger partial charge in [0.05, 0.1) is 18.9 Å².